The molecule has 10 nitrogen and oxygen atoms in total. The van der Waals surface area contributed by atoms with Gasteiger partial charge < -0.3 is 19.4 Å². The van der Waals surface area contributed by atoms with Crippen LogP contribution in [-0.2, 0) is 6.54 Å². The fraction of sp³-hybridized carbons (Fsp3) is 0.240. The molecule has 2 aromatic carbocycles. The van der Waals surface area contributed by atoms with Crippen molar-refractivity contribution in [3.8, 4) is 17.2 Å². The summed E-state index contributed by atoms with van der Waals surface area (Å²) in [5.41, 5.74) is -0.563. The highest BCUT2D eigenvalue weighted by Crippen LogP contribution is 2.30. The number of aryl methyl sites for hydroxylation is 1. The summed E-state index contributed by atoms with van der Waals surface area (Å²) >= 11 is 0. The van der Waals surface area contributed by atoms with Crippen molar-refractivity contribution in [2.75, 3.05) is 20.8 Å². The van der Waals surface area contributed by atoms with Crippen molar-refractivity contribution in [3.63, 3.8) is 0 Å². The van der Waals surface area contributed by atoms with Crippen LogP contribution in [0.5, 0.6) is 11.5 Å². The second-order valence-electron chi connectivity index (χ2n) is 7.92. The van der Waals surface area contributed by atoms with Gasteiger partial charge >= 0.3 is 0 Å². The Labute approximate surface area is 204 Å². The molecule has 0 aliphatic carbocycles. The first-order chi connectivity index (χ1) is 17.3. The number of hydrogen-bond acceptors (Lipinski definition) is 7. The van der Waals surface area contributed by atoms with E-state index in [2.05, 4.69) is 15.1 Å². The third-order valence-corrected chi connectivity index (χ3v) is 5.66. The number of amides is 1. The number of aromatic nitrogens is 4. The van der Waals surface area contributed by atoms with Crippen LogP contribution in [-0.4, -0.2) is 51.3 Å². The molecule has 36 heavy (non-hydrogen) atoms. The topological polar surface area (TPSA) is 119 Å². The maximum Gasteiger partial charge on any atom is 0.278 e. The Balaban J connectivity index is 1.72. The molecule has 1 amide bonds. The lowest BCUT2D eigenvalue weighted by molar-refractivity contribution is 0.0739. The first kappa shape index (κ1) is 24.6. The number of H-pyrrole nitrogens is 1. The number of nitrogens with one attached hydrogen (secondary N) is 1. The molecule has 0 aliphatic rings. The number of benzene rings is 2. The largest absolute Gasteiger partial charge is 0.493 e. The van der Waals surface area contributed by atoms with E-state index in [4.69, 9.17) is 9.47 Å². The van der Waals surface area contributed by atoms with Crippen molar-refractivity contribution in [2.24, 2.45) is 0 Å². The minimum absolute atomic E-state index is 0.0937. The van der Waals surface area contributed by atoms with E-state index in [1.165, 1.54) is 54.1 Å². The van der Waals surface area contributed by atoms with E-state index in [9.17, 15) is 18.8 Å². The summed E-state index contributed by atoms with van der Waals surface area (Å²) < 4.78 is 26.1. The Morgan fingerprint density at radius 3 is 2.47 bits per heavy atom. The molecule has 0 radical (unpaired) electrons. The third-order valence-electron chi connectivity index (χ3n) is 5.66. The number of methoxy groups -OCH3 is 2. The van der Waals surface area contributed by atoms with E-state index in [1.54, 1.807) is 26.0 Å². The number of hydrogen-bond donors (Lipinski definition) is 1. The molecule has 2 aromatic heterocycles. The van der Waals surface area contributed by atoms with E-state index in [0.717, 1.165) is 0 Å². The molecule has 4 aromatic rings. The Morgan fingerprint density at radius 2 is 1.81 bits per heavy atom. The summed E-state index contributed by atoms with van der Waals surface area (Å²) in [6, 6.07) is 10.2. The lowest BCUT2D eigenvalue weighted by Crippen LogP contribution is -2.36. The van der Waals surface area contributed by atoms with Gasteiger partial charge in [-0.3, -0.25) is 14.4 Å². The summed E-state index contributed by atoms with van der Waals surface area (Å²) in [4.78, 5) is 47.1. The maximum absolute atomic E-state index is 14.4. The van der Waals surface area contributed by atoms with Gasteiger partial charge in [0.05, 0.1) is 31.7 Å². The van der Waals surface area contributed by atoms with Crippen LogP contribution in [0.25, 0.3) is 16.6 Å². The van der Waals surface area contributed by atoms with Gasteiger partial charge in [-0.05, 0) is 32.0 Å². The van der Waals surface area contributed by atoms with Crippen LogP contribution in [0.2, 0.25) is 0 Å². The Bertz CT molecular complexity index is 1580. The zero-order valence-electron chi connectivity index (χ0n) is 20.2. The number of nitrogens with zero attached hydrogens (tertiary/aromatic N) is 4. The highest BCUT2D eigenvalue weighted by atomic mass is 19.1. The fourth-order valence-corrected chi connectivity index (χ4v) is 3.81. The maximum atomic E-state index is 14.4. The Hall–Kier alpha value is -4.54. The number of aromatic amines is 1. The van der Waals surface area contributed by atoms with Crippen LogP contribution < -0.4 is 20.5 Å². The predicted octanol–water partition coefficient (Wildman–Crippen LogP) is 2.60. The molecule has 0 spiro atoms. The number of carbonyl (C=O) groups excluding carboxylic acids is 1. The van der Waals surface area contributed by atoms with Gasteiger partial charge in [0.2, 0.25) is 5.43 Å². The molecule has 11 heteroatoms. The van der Waals surface area contributed by atoms with E-state index in [1.807, 2.05) is 0 Å². The monoisotopic (exact) mass is 493 g/mol. The number of ether oxygens (including phenoxy) is 2. The van der Waals surface area contributed by atoms with E-state index >= 15 is 0 Å². The second kappa shape index (κ2) is 9.98. The van der Waals surface area contributed by atoms with E-state index < -0.39 is 22.7 Å². The van der Waals surface area contributed by atoms with Gasteiger partial charge in [-0.15, -0.1) is 0 Å². The summed E-state index contributed by atoms with van der Waals surface area (Å²) in [6.45, 7) is 3.42. The molecule has 0 saturated carbocycles. The minimum atomic E-state index is -0.678. The van der Waals surface area contributed by atoms with Gasteiger partial charge in [-0.2, -0.15) is 5.10 Å². The number of para-hydroxylation sites is 1. The molecule has 4 rings (SSSR count). The van der Waals surface area contributed by atoms with Gasteiger partial charge in [-0.25, -0.2) is 14.1 Å². The molecule has 0 atom stereocenters. The van der Waals surface area contributed by atoms with Crippen molar-refractivity contribution in [1.82, 2.24) is 24.6 Å². The quantitative estimate of drug-likeness (QED) is 0.420. The van der Waals surface area contributed by atoms with Gasteiger partial charge in [0.1, 0.15) is 17.3 Å². The fourth-order valence-electron chi connectivity index (χ4n) is 3.81. The molecular formula is C25H24FN5O5. The van der Waals surface area contributed by atoms with Crippen LogP contribution in [0.1, 0.15) is 28.9 Å². The van der Waals surface area contributed by atoms with E-state index in [-0.39, 0.29) is 30.3 Å². The molecule has 1 N–H and O–H groups in total. The van der Waals surface area contributed by atoms with Crippen LogP contribution >= 0.6 is 0 Å². The Morgan fingerprint density at radius 1 is 1.11 bits per heavy atom. The normalized spacial score (nSPS) is 10.9. The van der Waals surface area contributed by atoms with Crippen LogP contribution in [0.3, 0.4) is 0 Å². The van der Waals surface area contributed by atoms with Crippen LogP contribution in [0.4, 0.5) is 4.39 Å². The van der Waals surface area contributed by atoms with Crippen LogP contribution in [0.15, 0.2) is 52.1 Å². The lowest BCUT2D eigenvalue weighted by atomic mass is 10.2. The second-order valence-corrected chi connectivity index (χ2v) is 7.92. The minimum Gasteiger partial charge on any atom is -0.493 e. The van der Waals surface area contributed by atoms with Gasteiger partial charge in [0.25, 0.3) is 11.5 Å². The van der Waals surface area contributed by atoms with Crippen molar-refractivity contribution < 1.29 is 18.7 Å². The predicted molar refractivity (Wildman–Crippen MR) is 130 cm³/mol. The summed E-state index contributed by atoms with van der Waals surface area (Å²) in [7, 11) is 2.93. The zero-order chi connectivity index (χ0) is 26.0. The standard InChI is InChI=1S/C25H24FN5O5/c1-5-30(13-22-27-17-12-21(36-4)20(35-3)11-15(17)24(33)28-22)25(34)23-19(32)10-14(2)31(29-23)18-9-7-6-8-16(18)26/h6-12H,5,13H2,1-4H3,(H,27,28,33). The molecule has 2 heterocycles. The average Bonchev–Trinajstić information content (AvgIpc) is 2.87. The highest BCUT2D eigenvalue weighted by molar-refractivity contribution is 5.92. The average molecular weight is 493 g/mol. The summed E-state index contributed by atoms with van der Waals surface area (Å²) in [6.07, 6.45) is 0. The molecule has 0 aliphatic heterocycles. The summed E-state index contributed by atoms with van der Waals surface area (Å²) in [5.74, 6) is -0.242. The third kappa shape index (κ3) is 4.54. The zero-order valence-corrected chi connectivity index (χ0v) is 20.2. The number of carbonyl (C=O) groups is 1. The molecule has 0 bridgehead atoms. The molecule has 0 saturated heterocycles. The van der Waals surface area contributed by atoms with E-state index in [0.29, 0.717) is 28.1 Å². The van der Waals surface area contributed by atoms with Crippen molar-refractivity contribution in [2.45, 2.75) is 20.4 Å². The number of rotatable bonds is 7. The van der Waals surface area contributed by atoms with Crippen molar-refractivity contribution >= 4 is 16.8 Å². The number of halogens is 1. The van der Waals surface area contributed by atoms with Gasteiger partial charge in [0, 0.05) is 24.4 Å². The lowest BCUT2D eigenvalue weighted by Gasteiger charge is -2.20. The molecule has 0 fully saturated rings. The summed E-state index contributed by atoms with van der Waals surface area (Å²) in [5, 5.41) is 4.46. The highest BCUT2D eigenvalue weighted by Gasteiger charge is 2.23. The molecular weight excluding hydrogens is 469 g/mol. The number of fused-ring (bicyclic) bond motifs is 1. The first-order valence-corrected chi connectivity index (χ1v) is 11.1. The van der Waals surface area contributed by atoms with Crippen molar-refractivity contribution in [3.05, 3.63) is 86.1 Å². The first-order valence-electron chi connectivity index (χ1n) is 11.1. The van der Waals surface area contributed by atoms with Crippen molar-refractivity contribution in [1.29, 1.82) is 0 Å². The smallest absolute Gasteiger partial charge is 0.278 e. The SMILES string of the molecule is CCN(Cc1nc2cc(OC)c(OC)cc2c(=O)[nH]1)C(=O)c1nn(-c2ccccc2F)c(C)cc1=O. The molecule has 0 unspecified atom stereocenters. The Kier molecular flexibility index (Phi) is 6.82. The van der Waals surface area contributed by atoms with Crippen LogP contribution in [0, 0.1) is 12.7 Å². The van der Waals surface area contributed by atoms with Gasteiger partial charge in [0.15, 0.2) is 17.2 Å². The van der Waals surface area contributed by atoms with Gasteiger partial charge in [-0.1, -0.05) is 12.1 Å². The molecule has 186 valence electrons.